The van der Waals surface area contributed by atoms with Gasteiger partial charge in [0, 0.05) is 17.8 Å². The third kappa shape index (κ3) is 2.44. The quantitative estimate of drug-likeness (QED) is 0.708. The second kappa shape index (κ2) is 5.72. The third-order valence-corrected chi connectivity index (χ3v) is 3.20. The molecule has 1 heterocycles. The van der Waals surface area contributed by atoms with Gasteiger partial charge < -0.3 is 5.32 Å². The van der Waals surface area contributed by atoms with E-state index in [9.17, 15) is 0 Å². The van der Waals surface area contributed by atoms with E-state index in [2.05, 4.69) is 41.7 Å². The number of allylic oxidation sites excluding steroid dienone is 2. The topological polar surface area (TPSA) is 12.0 Å². The molecule has 1 aliphatic heterocycles. The largest absolute Gasteiger partial charge is 0.384 e. The van der Waals surface area contributed by atoms with Crippen molar-refractivity contribution in [1.82, 2.24) is 5.32 Å². The Labute approximate surface area is 104 Å². The van der Waals surface area contributed by atoms with Crippen molar-refractivity contribution >= 4 is 5.70 Å². The summed E-state index contributed by atoms with van der Waals surface area (Å²) < 4.78 is 0. The zero-order valence-electron chi connectivity index (χ0n) is 10.8. The van der Waals surface area contributed by atoms with Crippen molar-refractivity contribution in [3.63, 3.8) is 0 Å². The molecule has 1 N–H and O–H groups in total. The summed E-state index contributed by atoms with van der Waals surface area (Å²) >= 11 is 0. The minimum absolute atomic E-state index is 1.06. The van der Waals surface area contributed by atoms with Crippen molar-refractivity contribution in [3.05, 3.63) is 53.1 Å². The van der Waals surface area contributed by atoms with E-state index < -0.39 is 0 Å². The van der Waals surface area contributed by atoms with E-state index in [0.717, 1.165) is 13.0 Å². The molecule has 0 amide bonds. The molecule has 2 aliphatic rings. The summed E-state index contributed by atoms with van der Waals surface area (Å²) in [6.07, 6.45) is 8.07. The summed E-state index contributed by atoms with van der Waals surface area (Å²) in [6.45, 7) is 5.06. The standard InChI is InChI=1S/C14H15N.C2H6/c1-2-7-13-11(5-1)8-9-12-6-3-4-10-15-14(12)13;1-2/h1-3,5-7,15H,4,8-10H2;1-2H3. The van der Waals surface area contributed by atoms with Crippen molar-refractivity contribution < 1.29 is 0 Å². The third-order valence-electron chi connectivity index (χ3n) is 3.20. The molecule has 17 heavy (non-hydrogen) atoms. The van der Waals surface area contributed by atoms with E-state index in [1.165, 1.54) is 35.2 Å². The fourth-order valence-electron chi connectivity index (χ4n) is 2.43. The van der Waals surface area contributed by atoms with Crippen LogP contribution >= 0.6 is 0 Å². The minimum atomic E-state index is 1.06. The van der Waals surface area contributed by atoms with E-state index in [1.807, 2.05) is 13.8 Å². The van der Waals surface area contributed by atoms with Crippen LogP contribution in [-0.4, -0.2) is 6.54 Å². The van der Waals surface area contributed by atoms with Gasteiger partial charge in [0.15, 0.2) is 0 Å². The highest BCUT2D eigenvalue weighted by Gasteiger charge is 2.17. The lowest BCUT2D eigenvalue weighted by atomic mass is 9.89. The fourth-order valence-corrected chi connectivity index (χ4v) is 2.43. The van der Waals surface area contributed by atoms with Gasteiger partial charge in [-0.2, -0.15) is 0 Å². The first-order valence-corrected chi connectivity index (χ1v) is 6.67. The zero-order valence-corrected chi connectivity index (χ0v) is 10.8. The van der Waals surface area contributed by atoms with Crippen LogP contribution in [0.15, 0.2) is 42.0 Å². The number of rotatable bonds is 0. The average Bonchev–Trinajstić information content (AvgIpc) is 2.66. The summed E-state index contributed by atoms with van der Waals surface area (Å²) in [7, 11) is 0. The molecule has 0 saturated heterocycles. The Bertz CT molecular complexity index is 441. The van der Waals surface area contributed by atoms with Gasteiger partial charge >= 0.3 is 0 Å². The van der Waals surface area contributed by atoms with Gasteiger partial charge in [0.1, 0.15) is 0 Å². The Balaban J connectivity index is 0.000000514. The number of nitrogens with one attached hydrogen (secondary N) is 1. The highest BCUT2D eigenvalue weighted by atomic mass is 14.9. The molecule has 90 valence electrons. The van der Waals surface area contributed by atoms with Gasteiger partial charge in [0.2, 0.25) is 0 Å². The maximum atomic E-state index is 3.56. The molecule has 0 saturated carbocycles. The zero-order chi connectivity index (χ0) is 12.1. The van der Waals surface area contributed by atoms with Crippen LogP contribution in [0.4, 0.5) is 0 Å². The number of fused-ring (bicyclic) bond motifs is 2. The van der Waals surface area contributed by atoms with E-state index in [0.29, 0.717) is 0 Å². The van der Waals surface area contributed by atoms with Gasteiger partial charge in [-0.3, -0.25) is 0 Å². The van der Waals surface area contributed by atoms with E-state index in [-0.39, 0.29) is 0 Å². The summed E-state index contributed by atoms with van der Waals surface area (Å²) in [5.74, 6) is 0. The Morgan fingerprint density at radius 2 is 1.88 bits per heavy atom. The lowest BCUT2D eigenvalue weighted by Gasteiger charge is -2.21. The first kappa shape index (κ1) is 12.0. The van der Waals surface area contributed by atoms with Gasteiger partial charge in [-0.15, -0.1) is 0 Å². The monoisotopic (exact) mass is 227 g/mol. The molecule has 1 aliphatic carbocycles. The predicted octanol–water partition coefficient (Wildman–Crippen LogP) is 3.92. The maximum absolute atomic E-state index is 3.56. The lowest BCUT2D eigenvalue weighted by molar-refractivity contribution is 0.850. The van der Waals surface area contributed by atoms with Crippen molar-refractivity contribution in [3.8, 4) is 0 Å². The molecule has 0 radical (unpaired) electrons. The summed E-state index contributed by atoms with van der Waals surface area (Å²) in [6, 6.07) is 8.74. The normalized spacial score (nSPS) is 17.1. The number of aryl methyl sites for hydroxylation is 1. The van der Waals surface area contributed by atoms with Crippen LogP contribution in [0.2, 0.25) is 0 Å². The second-order valence-corrected chi connectivity index (χ2v) is 4.18. The molecule has 0 unspecified atom stereocenters. The van der Waals surface area contributed by atoms with Crippen LogP contribution in [0, 0.1) is 0 Å². The van der Waals surface area contributed by atoms with Crippen LogP contribution in [0.3, 0.4) is 0 Å². The molecular weight excluding hydrogens is 206 g/mol. The molecule has 1 heteroatoms. The summed E-state index contributed by atoms with van der Waals surface area (Å²) in [5, 5.41) is 3.56. The highest BCUT2D eigenvalue weighted by molar-refractivity contribution is 5.74. The van der Waals surface area contributed by atoms with Gasteiger partial charge in [-0.05, 0) is 30.4 Å². The SMILES string of the molecule is C1=CC2=C(NCC1)c1ccccc1CC2.CC. The number of hydrogen-bond donors (Lipinski definition) is 1. The smallest absolute Gasteiger partial charge is 0.0449 e. The van der Waals surface area contributed by atoms with Crippen molar-refractivity contribution in [1.29, 1.82) is 0 Å². The van der Waals surface area contributed by atoms with Gasteiger partial charge in [0.05, 0.1) is 0 Å². The molecule has 0 bridgehead atoms. The fraction of sp³-hybridized carbons (Fsp3) is 0.375. The first-order chi connectivity index (χ1) is 8.45. The number of benzene rings is 1. The molecule has 1 aromatic carbocycles. The minimum Gasteiger partial charge on any atom is -0.384 e. The van der Waals surface area contributed by atoms with E-state index in [1.54, 1.807) is 0 Å². The van der Waals surface area contributed by atoms with Crippen molar-refractivity contribution in [2.45, 2.75) is 33.1 Å². The Morgan fingerprint density at radius 1 is 1.06 bits per heavy atom. The summed E-state index contributed by atoms with van der Waals surface area (Å²) in [4.78, 5) is 0. The van der Waals surface area contributed by atoms with Crippen LogP contribution in [0.1, 0.15) is 37.8 Å². The Morgan fingerprint density at radius 3 is 2.76 bits per heavy atom. The van der Waals surface area contributed by atoms with Gasteiger partial charge in [-0.25, -0.2) is 0 Å². The number of hydrogen-bond acceptors (Lipinski definition) is 1. The molecule has 0 spiro atoms. The van der Waals surface area contributed by atoms with Gasteiger partial charge in [0.25, 0.3) is 0 Å². The molecule has 1 nitrogen and oxygen atoms in total. The summed E-state index contributed by atoms with van der Waals surface area (Å²) in [5.41, 5.74) is 5.74. The second-order valence-electron chi connectivity index (χ2n) is 4.18. The van der Waals surface area contributed by atoms with Crippen LogP contribution in [0.25, 0.3) is 5.70 Å². The predicted molar refractivity (Wildman–Crippen MR) is 74.8 cm³/mol. The Kier molecular flexibility index (Phi) is 4.03. The Hall–Kier alpha value is -1.50. The van der Waals surface area contributed by atoms with Crippen LogP contribution in [-0.2, 0) is 6.42 Å². The van der Waals surface area contributed by atoms with E-state index >= 15 is 0 Å². The van der Waals surface area contributed by atoms with Gasteiger partial charge in [-0.1, -0.05) is 50.3 Å². The first-order valence-electron chi connectivity index (χ1n) is 6.67. The molecule has 0 fully saturated rings. The molecular formula is C16H21N. The lowest BCUT2D eigenvalue weighted by Crippen LogP contribution is -2.17. The van der Waals surface area contributed by atoms with Crippen molar-refractivity contribution in [2.24, 2.45) is 0 Å². The highest BCUT2D eigenvalue weighted by Crippen LogP contribution is 2.31. The molecule has 1 aromatic rings. The van der Waals surface area contributed by atoms with E-state index in [4.69, 9.17) is 0 Å². The average molecular weight is 227 g/mol. The van der Waals surface area contributed by atoms with Crippen molar-refractivity contribution in [2.75, 3.05) is 6.54 Å². The molecule has 0 aromatic heterocycles. The molecule has 3 rings (SSSR count). The van der Waals surface area contributed by atoms with Crippen LogP contribution in [0.5, 0.6) is 0 Å². The van der Waals surface area contributed by atoms with Crippen LogP contribution < -0.4 is 5.32 Å². The molecule has 0 atom stereocenters. The maximum Gasteiger partial charge on any atom is 0.0449 e.